The van der Waals surface area contributed by atoms with Crippen molar-refractivity contribution in [1.82, 2.24) is 4.90 Å². The van der Waals surface area contributed by atoms with Crippen LogP contribution in [0.2, 0.25) is 0 Å². The van der Waals surface area contributed by atoms with Gasteiger partial charge < -0.3 is 10.6 Å². The van der Waals surface area contributed by atoms with Crippen LogP contribution in [0.15, 0.2) is 0 Å². The maximum Gasteiger partial charge on any atom is 0.00965 e. The Morgan fingerprint density at radius 1 is 1.21 bits per heavy atom. The molecule has 0 aromatic rings. The van der Waals surface area contributed by atoms with E-state index in [-0.39, 0.29) is 0 Å². The van der Waals surface area contributed by atoms with Crippen LogP contribution in [0.3, 0.4) is 0 Å². The van der Waals surface area contributed by atoms with Crippen LogP contribution >= 0.6 is 0 Å². The standard InChI is InChI=1S/C12H24N2/c1-2-8-14(11-6-7-11)9-10-4-3-5-12(10)13/h10-12H,2-9,13H2,1H3. The summed E-state index contributed by atoms with van der Waals surface area (Å²) < 4.78 is 0. The van der Waals surface area contributed by atoms with Crippen molar-refractivity contribution in [2.45, 2.75) is 57.5 Å². The molecule has 2 aliphatic rings. The van der Waals surface area contributed by atoms with Gasteiger partial charge in [0.25, 0.3) is 0 Å². The van der Waals surface area contributed by atoms with Crippen molar-refractivity contribution in [3.63, 3.8) is 0 Å². The molecular formula is C12H24N2. The maximum atomic E-state index is 6.12. The van der Waals surface area contributed by atoms with Crippen molar-refractivity contribution in [3.05, 3.63) is 0 Å². The van der Waals surface area contributed by atoms with Crippen molar-refractivity contribution in [2.75, 3.05) is 13.1 Å². The normalized spacial score (nSPS) is 32.8. The molecule has 82 valence electrons. The molecule has 0 bridgehead atoms. The minimum Gasteiger partial charge on any atom is -0.327 e. The quantitative estimate of drug-likeness (QED) is 0.728. The van der Waals surface area contributed by atoms with Crippen molar-refractivity contribution in [1.29, 1.82) is 0 Å². The molecule has 0 radical (unpaired) electrons. The molecule has 2 fully saturated rings. The van der Waals surface area contributed by atoms with Gasteiger partial charge in [-0.1, -0.05) is 13.3 Å². The molecule has 0 heterocycles. The van der Waals surface area contributed by atoms with E-state index in [1.54, 1.807) is 0 Å². The molecular weight excluding hydrogens is 172 g/mol. The van der Waals surface area contributed by atoms with Gasteiger partial charge in [0, 0.05) is 18.6 Å². The fourth-order valence-electron chi connectivity index (χ4n) is 2.74. The monoisotopic (exact) mass is 196 g/mol. The van der Waals surface area contributed by atoms with Gasteiger partial charge in [-0.3, -0.25) is 0 Å². The zero-order valence-corrected chi connectivity index (χ0v) is 9.41. The molecule has 0 spiro atoms. The van der Waals surface area contributed by atoms with Gasteiger partial charge in [-0.25, -0.2) is 0 Å². The lowest BCUT2D eigenvalue weighted by Crippen LogP contribution is -2.37. The highest BCUT2D eigenvalue weighted by molar-refractivity contribution is 4.89. The zero-order valence-electron chi connectivity index (χ0n) is 9.41. The molecule has 2 atom stereocenters. The number of hydrogen-bond acceptors (Lipinski definition) is 2. The molecule has 0 aromatic carbocycles. The summed E-state index contributed by atoms with van der Waals surface area (Å²) in [5.74, 6) is 0.794. The smallest absolute Gasteiger partial charge is 0.00965 e. The Hall–Kier alpha value is -0.0800. The summed E-state index contributed by atoms with van der Waals surface area (Å²) >= 11 is 0. The van der Waals surface area contributed by atoms with Gasteiger partial charge in [0.15, 0.2) is 0 Å². The maximum absolute atomic E-state index is 6.12. The summed E-state index contributed by atoms with van der Waals surface area (Å²) in [6.07, 6.45) is 8.14. The van der Waals surface area contributed by atoms with E-state index < -0.39 is 0 Å². The number of nitrogens with zero attached hydrogens (tertiary/aromatic N) is 1. The molecule has 2 unspecified atom stereocenters. The second kappa shape index (κ2) is 4.63. The average molecular weight is 196 g/mol. The molecule has 0 aliphatic heterocycles. The van der Waals surface area contributed by atoms with E-state index in [4.69, 9.17) is 5.73 Å². The van der Waals surface area contributed by atoms with Gasteiger partial charge in [-0.2, -0.15) is 0 Å². The topological polar surface area (TPSA) is 29.3 Å². The van der Waals surface area contributed by atoms with E-state index in [1.807, 2.05) is 0 Å². The predicted octanol–water partition coefficient (Wildman–Crippen LogP) is 1.99. The second-order valence-electron chi connectivity index (χ2n) is 5.08. The molecule has 0 saturated heterocycles. The van der Waals surface area contributed by atoms with Gasteiger partial charge in [0.05, 0.1) is 0 Å². The molecule has 2 aliphatic carbocycles. The van der Waals surface area contributed by atoms with Crippen LogP contribution in [0.4, 0.5) is 0 Å². The van der Waals surface area contributed by atoms with E-state index in [1.165, 1.54) is 51.6 Å². The molecule has 0 amide bonds. The SMILES string of the molecule is CCCN(CC1CCCC1N)C1CC1. The molecule has 2 N–H and O–H groups in total. The van der Waals surface area contributed by atoms with Crippen molar-refractivity contribution < 1.29 is 0 Å². The largest absolute Gasteiger partial charge is 0.327 e. The first-order valence-corrected chi connectivity index (χ1v) is 6.31. The summed E-state index contributed by atoms with van der Waals surface area (Å²) in [4.78, 5) is 2.69. The van der Waals surface area contributed by atoms with E-state index in [0.29, 0.717) is 6.04 Å². The van der Waals surface area contributed by atoms with Crippen LogP contribution in [0.1, 0.15) is 45.4 Å². The average Bonchev–Trinajstić information content (AvgIpc) is 2.93. The molecule has 2 heteroatoms. The summed E-state index contributed by atoms with van der Waals surface area (Å²) in [5, 5.41) is 0. The first-order chi connectivity index (χ1) is 6.81. The van der Waals surface area contributed by atoms with Gasteiger partial charge >= 0.3 is 0 Å². The number of rotatable bonds is 5. The van der Waals surface area contributed by atoms with Gasteiger partial charge in [0.1, 0.15) is 0 Å². The van der Waals surface area contributed by atoms with Gasteiger partial charge in [-0.05, 0) is 44.6 Å². The fraction of sp³-hybridized carbons (Fsp3) is 1.00. The molecule has 2 nitrogen and oxygen atoms in total. The number of nitrogens with two attached hydrogens (primary N) is 1. The predicted molar refractivity (Wildman–Crippen MR) is 60.2 cm³/mol. The molecule has 14 heavy (non-hydrogen) atoms. The Morgan fingerprint density at radius 3 is 2.50 bits per heavy atom. The van der Waals surface area contributed by atoms with Gasteiger partial charge in [-0.15, -0.1) is 0 Å². The highest BCUT2D eigenvalue weighted by Crippen LogP contribution is 2.31. The number of hydrogen-bond donors (Lipinski definition) is 1. The molecule has 2 saturated carbocycles. The van der Waals surface area contributed by atoms with E-state index in [9.17, 15) is 0 Å². The van der Waals surface area contributed by atoms with Crippen LogP contribution < -0.4 is 5.73 Å². The first-order valence-electron chi connectivity index (χ1n) is 6.31. The lowest BCUT2D eigenvalue weighted by molar-refractivity contribution is 0.214. The summed E-state index contributed by atoms with van der Waals surface area (Å²) in [7, 11) is 0. The van der Waals surface area contributed by atoms with E-state index >= 15 is 0 Å². The summed E-state index contributed by atoms with van der Waals surface area (Å²) in [6, 6.07) is 1.41. The van der Waals surface area contributed by atoms with Crippen LogP contribution in [-0.2, 0) is 0 Å². The van der Waals surface area contributed by atoms with Crippen molar-refractivity contribution in [2.24, 2.45) is 11.7 Å². The van der Waals surface area contributed by atoms with Crippen LogP contribution in [0.5, 0.6) is 0 Å². The first kappa shape index (κ1) is 10.4. The minimum absolute atomic E-state index is 0.494. The Bertz CT molecular complexity index is 177. The lowest BCUT2D eigenvalue weighted by atomic mass is 10.0. The Morgan fingerprint density at radius 2 is 2.00 bits per heavy atom. The van der Waals surface area contributed by atoms with Crippen LogP contribution in [-0.4, -0.2) is 30.1 Å². The summed E-state index contributed by atoms with van der Waals surface area (Å²) in [6.45, 7) is 4.84. The van der Waals surface area contributed by atoms with E-state index in [2.05, 4.69) is 11.8 Å². The van der Waals surface area contributed by atoms with Crippen molar-refractivity contribution in [3.8, 4) is 0 Å². The zero-order chi connectivity index (χ0) is 9.97. The third kappa shape index (κ3) is 2.48. The van der Waals surface area contributed by atoms with E-state index in [0.717, 1.165) is 12.0 Å². The third-order valence-electron chi connectivity index (χ3n) is 3.76. The highest BCUT2D eigenvalue weighted by atomic mass is 15.2. The fourth-order valence-corrected chi connectivity index (χ4v) is 2.74. The van der Waals surface area contributed by atoms with Crippen LogP contribution in [0, 0.1) is 5.92 Å². The highest BCUT2D eigenvalue weighted by Gasteiger charge is 2.32. The Labute approximate surface area is 87.8 Å². The van der Waals surface area contributed by atoms with Gasteiger partial charge in [0.2, 0.25) is 0 Å². The summed E-state index contributed by atoms with van der Waals surface area (Å²) in [5.41, 5.74) is 6.12. The lowest BCUT2D eigenvalue weighted by Gasteiger charge is -2.26. The molecule has 0 aromatic heterocycles. The van der Waals surface area contributed by atoms with Crippen molar-refractivity contribution >= 4 is 0 Å². The Kier molecular flexibility index (Phi) is 3.45. The minimum atomic E-state index is 0.494. The second-order valence-corrected chi connectivity index (χ2v) is 5.08. The third-order valence-corrected chi connectivity index (χ3v) is 3.76. The molecule has 2 rings (SSSR count). The Balaban J connectivity index is 1.80. The van der Waals surface area contributed by atoms with Crippen LogP contribution in [0.25, 0.3) is 0 Å².